The van der Waals surface area contributed by atoms with E-state index in [1.807, 2.05) is 0 Å². The minimum absolute atomic E-state index is 0.000828. The van der Waals surface area contributed by atoms with Crippen LogP contribution in [0, 0.1) is 5.82 Å². The number of nitrogens with zero attached hydrogens (tertiary/aromatic N) is 1. The molecule has 144 valence electrons. The molecule has 9 heteroatoms. The van der Waals surface area contributed by atoms with Crippen LogP contribution in [0.3, 0.4) is 0 Å². The van der Waals surface area contributed by atoms with Crippen LogP contribution < -0.4 is 5.32 Å². The maximum atomic E-state index is 13.7. The number of hydrogen-bond donors (Lipinski definition) is 1. The topological polar surface area (TPSA) is 66.5 Å². The summed E-state index contributed by atoms with van der Waals surface area (Å²) in [6.07, 6.45) is 1.35. The number of rotatable bonds is 5. The lowest BCUT2D eigenvalue weighted by Crippen LogP contribution is -2.37. The van der Waals surface area contributed by atoms with Gasteiger partial charge in [-0.3, -0.25) is 19.3 Å². The van der Waals surface area contributed by atoms with Gasteiger partial charge in [0.25, 0.3) is 17.1 Å². The van der Waals surface area contributed by atoms with E-state index >= 15 is 0 Å². The third-order valence-electron chi connectivity index (χ3n) is 3.86. The fraction of sp³-hybridized carbons (Fsp3) is 0.105. The van der Waals surface area contributed by atoms with Crippen LogP contribution in [0.4, 0.5) is 9.18 Å². The van der Waals surface area contributed by atoms with Crippen LogP contribution in [-0.4, -0.2) is 35.0 Å². The highest BCUT2D eigenvalue weighted by Crippen LogP contribution is 2.32. The second kappa shape index (κ2) is 8.89. The SMILES string of the molecule is O=C(NCCN1C(=O)S/C(=C/c2ccccc2F)C1=O)c1ccc(Br)cc1Cl. The Labute approximate surface area is 178 Å². The second-order valence-corrected chi connectivity index (χ2v) is 8.05. The molecule has 5 nitrogen and oxygen atoms in total. The van der Waals surface area contributed by atoms with Gasteiger partial charge in [-0.2, -0.15) is 0 Å². The Kier molecular flexibility index (Phi) is 6.53. The smallest absolute Gasteiger partial charge is 0.293 e. The van der Waals surface area contributed by atoms with Crippen LogP contribution in [0.5, 0.6) is 0 Å². The van der Waals surface area contributed by atoms with Gasteiger partial charge < -0.3 is 5.32 Å². The van der Waals surface area contributed by atoms with Gasteiger partial charge in [-0.1, -0.05) is 45.7 Å². The molecular weight excluding hydrogens is 471 g/mol. The molecule has 1 fully saturated rings. The number of thioether (sulfide) groups is 1. The monoisotopic (exact) mass is 482 g/mol. The summed E-state index contributed by atoms with van der Waals surface area (Å²) in [7, 11) is 0. The quantitative estimate of drug-likeness (QED) is 0.626. The van der Waals surface area contributed by atoms with Crippen molar-refractivity contribution in [2.24, 2.45) is 0 Å². The summed E-state index contributed by atoms with van der Waals surface area (Å²) in [5.74, 6) is -1.41. The van der Waals surface area contributed by atoms with Crippen LogP contribution in [0.1, 0.15) is 15.9 Å². The van der Waals surface area contributed by atoms with Gasteiger partial charge in [0.2, 0.25) is 0 Å². The van der Waals surface area contributed by atoms with Gasteiger partial charge in [-0.15, -0.1) is 0 Å². The zero-order valence-electron chi connectivity index (χ0n) is 14.2. The number of carbonyl (C=O) groups excluding carboxylic acids is 3. The number of imide groups is 1. The highest BCUT2D eigenvalue weighted by atomic mass is 79.9. The third kappa shape index (κ3) is 4.63. The van der Waals surface area contributed by atoms with E-state index in [-0.39, 0.29) is 28.6 Å². The lowest BCUT2D eigenvalue weighted by molar-refractivity contribution is -0.122. The molecule has 1 heterocycles. The molecule has 2 aromatic rings. The first-order valence-electron chi connectivity index (χ1n) is 8.10. The Hall–Kier alpha value is -2.16. The molecule has 1 saturated heterocycles. The van der Waals surface area contributed by atoms with E-state index in [1.165, 1.54) is 18.2 Å². The predicted molar refractivity (Wildman–Crippen MR) is 111 cm³/mol. The summed E-state index contributed by atoms with van der Waals surface area (Å²) in [5, 5.41) is 2.44. The van der Waals surface area contributed by atoms with Gasteiger partial charge in [0.15, 0.2) is 0 Å². The number of nitrogens with one attached hydrogen (secondary N) is 1. The first kappa shape index (κ1) is 20.6. The van der Waals surface area contributed by atoms with Crippen molar-refractivity contribution in [3.8, 4) is 0 Å². The van der Waals surface area contributed by atoms with E-state index in [2.05, 4.69) is 21.2 Å². The number of hydrogen-bond acceptors (Lipinski definition) is 4. The van der Waals surface area contributed by atoms with Gasteiger partial charge >= 0.3 is 0 Å². The average molecular weight is 484 g/mol. The molecule has 0 saturated carbocycles. The van der Waals surface area contributed by atoms with Crippen molar-refractivity contribution < 1.29 is 18.8 Å². The first-order chi connectivity index (χ1) is 13.4. The molecule has 0 aliphatic carbocycles. The van der Waals surface area contributed by atoms with E-state index in [1.54, 1.807) is 30.3 Å². The molecular formula is C19H13BrClFN2O3S. The summed E-state index contributed by atoms with van der Waals surface area (Å²) >= 11 is 10.0. The molecule has 1 N–H and O–H groups in total. The maximum absolute atomic E-state index is 13.7. The highest BCUT2D eigenvalue weighted by molar-refractivity contribution is 9.10. The molecule has 1 aliphatic rings. The molecule has 0 radical (unpaired) electrons. The van der Waals surface area contributed by atoms with E-state index < -0.39 is 22.9 Å². The number of carbonyl (C=O) groups is 3. The number of benzene rings is 2. The van der Waals surface area contributed by atoms with E-state index in [4.69, 9.17) is 11.6 Å². The summed E-state index contributed by atoms with van der Waals surface area (Å²) in [6, 6.07) is 10.8. The van der Waals surface area contributed by atoms with Gasteiger partial charge in [0.1, 0.15) is 5.82 Å². The molecule has 3 rings (SSSR count). The van der Waals surface area contributed by atoms with Crippen molar-refractivity contribution >= 4 is 62.4 Å². The lowest BCUT2D eigenvalue weighted by atomic mass is 10.2. The van der Waals surface area contributed by atoms with Crippen LogP contribution in [0.25, 0.3) is 6.08 Å². The third-order valence-corrected chi connectivity index (χ3v) is 5.58. The van der Waals surface area contributed by atoms with Gasteiger partial charge in [0.05, 0.1) is 15.5 Å². The minimum Gasteiger partial charge on any atom is -0.350 e. The molecule has 0 aromatic heterocycles. The van der Waals surface area contributed by atoms with Crippen LogP contribution in [0.15, 0.2) is 51.8 Å². The Bertz CT molecular complexity index is 999. The predicted octanol–water partition coefficient (Wildman–Crippen LogP) is 4.71. The molecule has 2 aromatic carbocycles. The van der Waals surface area contributed by atoms with E-state index in [0.29, 0.717) is 5.56 Å². The average Bonchev–Trinajstić information content (AvgIpc) is 2.91. The number of halogens is 3. The van der Waals surface area contributed by atoms with Crippen molar-refractivity contribution in [2.75, 3.05) is 13.1 Å². The normalized spacial score (nSPS) is 15.4. The van der Waals surface area contributed by atoms with Gasteiger partial charge in [-0.05, 0) is 42.1 Å². The minimum atomic E-state index is -0.519. The fourth-order valence-electron chi connectivity index (χ4n) is 2.48. The summed E-state index contributed by atoms with van der Waals surface area (Å²) in [6.45, 7) is 0.0649. The lowest BCUT2D eigenvalue weighted by Gasteiger charge is -2.13. The molecule has 28 heavy (non-hydrogen) atoms. The van der Waals surface area contributed by atoms with Gasteiger partial charge in [0, 0.05) is 23.1 Å². The molecule has 3 amide bonds. The molecule has 0 unspecified atom stereocenters. The standard InChI is InChI=1S/C19H13BrClFN2O3S/c20-12-5-6-13(14(21)10-12)17(25)23-7-8-24-18(26)16(28-19(24)27)9-11-3-1-2-4-15(11)22/h1-6,9-10H,7-8H2,(H,23,25)/b16-9+. The van der Waals surface area contributed by atoms with Crippen LogP contribution in [0.2, 0.25) is 5.02 Å². The van der Waals surface area contributed by atoms with Gasteiger partial charge in [-0.25, -0.2) is 4.39 Å². The van der Waals surface area contributed by atoms with Crippen molar-refractivity contribution in [1.82, 2.24) is 10.2 Å². The van der Waals surface area contributed by atoms with Crippen LogP contribution in [-0.2, 0) is 4.79 Å². The fourth-order valence-corrected chi connectivity index (χ4v) is 4.09. The Morgan fingerprint density at radius 3 is 2.71 bits per heavy atom. The Balaban J connectivity index is 1.62. The Morgan fingerprint density at radius 2 is 2.00 bits per heavy atom. The van der Waals surface area contributed by atoms with Crippen LogP contribution >= 0.6 is 39.3 Å². The zero-order chi connectivity index (χ0) is 20.3. The molecule has 1 aliphatic heterocycles. The number of amides is 3. The zero-order valence-corrected chi connectivity index (χ0v) is 17.4. The molecule has 0 atom stereocenters. The molecule has 0 bridgehead atoms. The molecule has 0 spiro atoms. The van der Waals surface area contributed by atoms with E-state index in [0.717, 1.165) is 21.1 Å². The Morgan fingerprint density at radius 1 is 1.25 bits per heavy atom. The van der Waals surface area contributed by atoms with Crippen molar-refractivity contribution in [1.29, 1.82) is 0 Å². The van der Waals surface area contributed by atoms with Crippen molar-refractivity contribution in [3.05, 3.63) is 73.8 Å². The summed E-state index contributed by atoms with van der Waals surface area (Å²) < 4.78 is 14.5. The van der Waals surface area contributed by atoms with Crippen molar-refractivity contribution in [3.63, 3.8) is 0 Å². The largest absolute Gasteiger partial charge is 0.350 e. The van der Waals surface area contributed by atoms with Crippen molar-refractivity contribution in [2.45, 2.75) is 0 Å². The summed E-state index contributed by atoms with van der Waals surface area (Å²) in [5.41, 5.74) is 0.518. The van der Waals surface area contributed by atoms with E-state index in [9.17, 15) is 18.8 Å². The maximum Gasteiger partial charge on any atom is 0.293 e. The first-order valence-corrected chi connectivity index (χ1v) is 10.1. The summed E-state index contributed by atoms with van der Waals surface area (Å²) in [4.78, 5) is 37.9. The highest BCUT2D eigenvalue weighted by Gasteiger charge is 2.34. The second-order valence-electron chi connectivity index (χ2n) is 5.73.